The fraction of sp³-hybridized carbons (Fsp3) is 0. The summed E-state index contributed by atoms with van der Waals surface area (Å²) in [5.41, 5.74) is 5.85. The Morgan fingerprint density at radius 3 is 1.24 bits per heavy atom. The summed E-state index contributed by atoms with van der Waals surface area (Å²) in [4.78, 5) is 0. The molecule has 25 heavy (non-hydrogen) atoms. The molecule has 0 saturated heterocycles. The molecule has 0 fully saturated rings. The second-order valence-corrected chi connectivity index (χ2v) is 7.24. The summed E-state index contributed by atoms with van der Waals surface area (Å²) in [5.74, 6) is 0. The van der Waals surface area contributed by atoms with Crippen molar-refractivity contribution in [2.24, 2.45) is 0 Å². The van der Waals surface area contributed by atoms with Gasteiger partial charge in [0, 0.05) is 16.8 Å². The molecule has 0 aliphatic carbocycles. The van der Waals surface area contributed by atoms with Crippen molar-refractivity contribution in [3.63, 3.8) is 0 Å². The van der Waals surface area contributed by atoms with E-state index in [2.05, 4.69) is 109 Å². The Labute approximate surface area is 164 Å². The van der Waals surface area contributed by atoms with E-state index in [9.17, 15) is 0 Å². The fourth-order valence-corrected chi connectivity index (χ4v) is 4.91. The van der Waals surface area contributed by atoms with Crippen LogP contribution in [0.15, 0.2) is 100 Å². The average Bonchev–Trinajstić information content (AvgIpc) is 2.94. The molecule has 0 bridgehead atoms. The molecule has 3 heteroatoms. The molecule has 0 aliphatic rings. The minimum atomic E-state index is 1.04. The molecular weight excluding hydrogens is 438 g/mol. The maximum Gasteiger partial charge on any atom is 0.0987 e. The summed E-state index contributed by atoms with van der Waals surface area (Å²) in [5, 5.41) is 0. The third kappa shape index (κ3) is 2.99. The van der Waals surface area contributed by atoms with Crippen LogP contribution in [0, 0.1) is 0 Å². The van der Waals surface area contributed by atoms with Crippen molar-refractivity contribution >= 4 is 31.9 Å². The zero-order valence-electron chi connectivity index (χ0n) is 13.4. The smallest absolute Gasteiger partial charge is 0.0987 e. The van der Waals surface area contributed by atoms with Gasteiger partial charge in [-0.15, -0.1) is 0 Å². The van der Waals surface area contributed by atoms with Gasteiger partial charge in [-0.3, -0.25) is 4.57 Å². The topological polar surface area (TPSA) is 4.93 Å². The first kappa shape index (κ1) is 16.4. The van der Waals surface area contributed by atoms with Crippen molar-refractivity contribution in [1.82, 2.24) is 4.57 Å². The van der Waals surface area contributed by atoms with Crippen LogP contribution in [0.4, 0.5) is 0 Å². The number of para-hydroxylation sites is 1. The van der Waals surface area contributed by atoms with E-state index in [4.69, 9.17) is 0 Å². The Bertz CT molecular complexity index is 928. The van der Waals surface area contributed by atoms with Crippen molar-refractivity contribution in [3.8, 4) is 27.9 Å². The molecule has 0 aliphatic heterocycles. The van der Waals surface area contributed by atoms with Crippen molar-refractivity contribution in [3.05, 3.63) is 100 Å². The highest BCUT2D eigenvalue weighted by Gasteiger charge is 2.23. The number of hydrogen-bond donors (Lipinski definition) is 0. The average molecular weight is 453 g/mol. The second-order valence-electron chi connectivity index (χ2n) is 5.73. The summed E-state index contributed by atoms with van der Waals surface area (Å²) in [6.45, 7) is 0. The standard InChI is InChI=1S/C22H15Br2N/c23-21-19(16-10-4-1-5-11-16)20(17-12-6-2-7-13-17)22(24)25(21)18-14-8-3-9-15-18/h1-15H. The maximum atomic E-state index is 3.86. The molecule has 1 heterocycles. The Kier molecular flexibility index (Phi) is 4.60. The van der Waals surface area contributed by atoms with E-state index in [1.807, 2.05) is 18.2 Å². The second kappa shape index (κ2) is 7.03. The number of aromatic nitrogens is 1. The summed E-state index contributed by atoms with van der Waals surface area (Å²) < 4.78 is 4.27. The van der Waals surface area contributed by atoms with E-state index >= 15 is 0 Å². The molecule has 3 aromatic carbocycles. The van der Waals surface area contributed by atoms with Gasteiger partial charge in [0.15, 0.2) is 0 Å². The van der Waals surface area contributed by atoms with Gasteiger partial charge < -0.3 is 0 Å². The Balaban J connectivity index is 2.06. The number of halogens is 2. The van der Waals surface area contributed by atoms with E-state index in [-0.39, 0.29) is 0 Å². The van der Waals surface area contributed by atoms with Gasteiger partial charge in [0.25, 0.3) is 0 Å². The Hall–Kier alpha value is -2.10. The molecule has 1 nitrogen and oxygen atoms in total. The van der Waals surface area contributed by atoms with Crippen LogP contribution in [0.5, 0.6) is 0 Å². The highest BCUT2D eigenvalue weighted by atomic mass is 79.9. The van der Waals surface area contributed by atoms with E-state index < -0.39 is 0 Å². The molecule has 0 unspecified atom stereocenters. The summed E-state index contributed by atoms with van der Waals surface area (Å²) in [6.07, 6.45) is 0. The van der Waals surface area contributed by atoms with E-state index in [0.717, 1.165) is 14.9 Å². The number of nitrogens with zero attached hydrogens (tertiary/aromatic N) is 1. The number of benzene rings is 3. The lowest BCUT2D eigenvalue weighted by atomic mass is 9.99. The highest BCUT2D eigenvalue weighted by molar-refractivity contribution is 9.11. The lowest BCUT2D eigenvalue weighted by Crippen LogP contribution is -1.94. The van der Waals surface area contributed by atoms with Crippen LogP contribution in [0.2, 0.25) is 0 Å². The lowest BCUT2D eigenvalue weighted by molar-refractivity contribution is 1.02. The van der Waals surface area contributed by atoms with E-state index in [0.29, 0.717) is 0 Å². The van der Waals surface area contributed by atoms with Gasteiger partial charge in [-0.05, 0) is 55.1 Å². The molecule has 0 radical (unpaired) electrons. The van der Waals surface area contributed by atoms with Crippen LogP contribution in [-0.2, 0) is 0 Å². The van der Waals surface area contributed by atoms with Crippen LogP contribution in [-0.4, -0.2) is 4.57 Å². The first-order valence-electron chi connectivity index (χ1n) is 8.03. The molecule has 1 aromatic heterocycles. The van der Waals surface area contributed by atoms with Crippen molar-refractivity contribution < 1.29 is 0 Å². The van der Waals surface area contributed by atoms with Crippen LogP contribution in [0.3, 0.4) is 0 Å². The van der Waals surface area contributed by atoms with Crippen LogP contribution < -0.4 is 0 Å². The predicted molar refractivity (Wildman–Crippen MR) is 112 cm³/mol. The quantitative estimate of drug-likeness (QED) is 0.306. The minimum absolute atomic E-state index is 1.04. The van der Waals surface area contributed by atoms with Crippen LogP contribution in [0.25, 0.3) is 27.9 Å². The zero-order valence-corrected chi connectivity index (χ0v) is 16.5. The van der Waals surface area contributed by atoms with Crippen molar-refractivity contribution in [2.75, 3.05) is 0 Å². The van der Waals surface area contributed by atoms with Crippen molar-refractivity contribution in [2.45, 2.75) is 0 Å². The maximum absolute atomic E-state index is 3.86. The van der Waals surface area contributed by atoms with Crippen LogP contribution >= 0.6 is 31.9 Å². The molecule has 0 saturated carbocycles. The third-order valence-electron chi connectivity index (χ3n) is 4.19. The molecule has 4 rings (SSSR count). The largest absolute Gasteiger partial charge is 0.297 e. The minimum Gasteiger partial charge on any atom is -0.297 e. The van der Waals surface area contributed by atoms with Gasteiger partial charge in [0.2, 0.25) is 0 Å². The Morgan fingerprint density at radius 1 is 0.480 bits per heavy atom. The molecule has 0 atom stereocenters. The Morgan fingerprint density at radius 2 is 0.840 bits per heavy atom. The van der Waals surface area contributed by atoms with Gasteiger partial charge in [0.1, 0.15) is 0 Å². The molecule has 122 valence electrons. The summed E-state index contributed by atoms with van der Waals surface area (Å²) in [7, 11) is 0. The normalized spacial score (nSPS) is 10.8. The first-order valence-corrected chi connectivity index (χ1v) is 9.62. The van der Waals surface area contributed by atoms with Gasteiger partial charge >= 0.3 is 0 Å². The molecule has 0 amide bonds. The summed E-state index contributed by atoms with van der Waals surface area (Å²) >= 11 is 7.71. The number of rotatable bonds is 3. The highest BCUT2D eigenvalue weighted by Crippen LogP contribution is 2.46. The van der Waals surface area contributed by atoms with Gasteiger partial charge in [-0.2, -0.15) is 0 Å². The zero-order chi connectivity index (χ0) is 17.2. The third-order valence-corrected chi connectivity index (χ3v) is 5.70. The van der Waals surface area contributed by atoms with Crippen LogP contribution in [0.1, 0.15) is 0 Å². The predicted octanol–water partition coefficient (Wildman–Crippen LogP) is 7.34. The lowest BCUT2D eigenvalue weighted by Gasteiger charge is -2.07. The van der Waals surface area contributed by atoms with Gasteiger partial charge in [-0.1, -0.05) is 78.9 Å². The number of hydrogen-bond acceptors (Lipinski definition) is 0. The van der Waals surface area contributed by atoms with Gasteiger partial charge in [0.05, 0.1) is 9.21 Å². The molecule has 0 spiro atoms. The van der Waals surface area contributed by atoms with Crippen molar-refractivity contribution in [1.29, 1.82) is 0 Å². The molecule has 0 N–H and O–H groups in total. The summed E-state index contributed by atoms with van der Waals surface area (Å²) in [6, 6.07) is 31.3. The SMILES string of the molecule is Brc1c(-c2ccccc2)c(-c2ccccc2)c(Br)n1-c1ccccc1. The molecular formula is C22H15Br2N. The first-order chi connectivity index (χ1) is 12.3. The molecule has 4 aromatic rings. The monoisotopic (exact) mass is 451 g/mol. The van der Waals surface area contributed by atoms with E-state index in [1.54, 1.807) is 0 Å². The van der Waals surface area contributed by atoms with E-state index in [1.165, 1.54) is 22.3 Å². The van der Waals surface area contributed by atoms with Gasteiger partial charge in [-0.25, -0.2) is 0 Å². The fourth-order valence-electron chi connectivity index (χ4n) is 3.06.